The lowest BCUT2D eigenvalue weighted by molar-refractivity contribution is -0.113. The maximum Gasteiger partial charge on any atom is 0.236 e. The van der Waals surface area contributed by atoms with Crippen LogP contribution in [0.3, 0.4) is 0 Å². The van der Waals surface area contributed by atoms with E-state index in [0.717, 1.165) is 28.1 Å². The molecule has 1 aromatic heterocycles. The second-order valence-electron chi connectivity index (χ2n) is 3.19. The van der Waals surface area contributed by atoms with Crippen LogP contribution in [0.15, 0.2) is 4.99 Å². The second-order valence-corrected chi connectivity index (χ2v) is 6.56. The van der Waals surface area contributed by atoms with Crippen molar-refractivity contribution < 1.29 is 4.79 Å². The van der Waals surface area contributed by atoms with Crippen LogP contribution < -0.4 is 5.32 Å². The number of aryl methyl sites for hydroxylation is 1. The molecule has 0 fully saturated rings. The zero-order chi connectivity index (χ0) is 12.1. The number of thioether (sulfide) groups is 2. The molecule has 0 unspecified atom stereocenters. The van der Waals surface area contributed by atoms with Gasteiger partial charge in [-0.15, -0.1) is 10.2 Å². The number of carbonyl (C=O) groups is 1. The van der Waals surface area contributed by atoms with Crippen LogP contribution in [0.25, 0.3) is 0 Å². The minimum atomic E-state index is -0.0518. The number of nitrogens with zero attached hydrogens (tertiary/aromatic N) is 3. The highest BCUT2D eigenvalue weighted by Gasteiger charge is 2.12. The molecule has 8 heteroatoms. The molecule has 2 rings (SSSR count). The van der Waals surface area contributed by atoms with E-state index in [4.69, 9.17) is 0 Å². The van der Waals surface area contributed by atoms with Gasteiger partial charge in [0.2, 0.25) is 11.0 Å². The average molecular weight is 288 g/mol. The molecule has 0 saturated carbocycles. The van der Waals surface area contributed by atoms with Crippen molar-refractivity contribution in [2.24, 2.45) is 4.99 Å². The summed E-state index contributed by atoms with van der Waals surface area (Å²) in [6.45, 7) is 2.88. The first-order valence-electron chi connectivity index (χ1n) is 5.20. The van der Waals surface area contributed by atoms with Crippen molar-refractivity contribution in [3.05, 3.63) is 5.01 Å². The van der Waals surface area contributed by atoms with E-state index in [9.17, 15) is 4.79 Å². The predicted octanol–water partition coefficient (Wildman–Crippen LogP) is 1.88. The van der Waals surface area contributed by atoms with Gasteiger partial charge < -0.3 is 0 Å². The maximum atomic E-state index is 11.6. The van der Waals surface area contributed by atoms with E-state index in [0.29, 0.717) is 10.9 Å². The molecule has 1 aliphatic rings. The number of hydrogen-bond donors (Lipinski definition) is 1. The summed E-state index contributed by atoms with van der Waals surface area (Å²) in [5.74, 6) is 1.36. The molecule has 0 radical (unpaired) electrons. The Balaban J connectivity index is 1.76. The fraction of sp³-hybridized carbons (Fsp3) is 0.556. The molecule has 1 amide bonds. The van der Waals surface area contributed by atoms with Crippen molar-refractivity contribution in [1.82, 2.24) is 10.2 Å². The molecule has 0 spiro atoms. The van der Waals surface area contributed by atoms with Gasteiger partial charge in [0, 0.05) is 5.75 Å². The van der Waals surface area contributed by atoms with Gasteiger partial charge >= 0.3 is 0 Å². The Kier molecular flexibility index (Phi) is 4.81. The van der Waals surface area contributed by atoms with Gasteiger partial charge in [-0.25, -0.2) is 0 Å². The standard InChI is InChI=1S/C9H12N4OS3/c1-2-7-12-13-8(17-7)11-6(14)5-16-9-10-3-4-15-9/h2-5H2,1H3,(H,11,13,14). The summed E-state index contributed by atoms with van der Waals surface area (Å²) in [4.78, 5) is 15.9. The minimum absolute atomic E-state index is 0.0518. The lowest BCUT2D eigenvalue weighted by Crippen LogP contribution is -2.14. The third-order valence-corrected chi connectivity index (χ3v) is 5.14. The molecule has 0 aromatic carbocycles. The average Bonchev–Trinajstić information content (AvgIpc) is 2.97. The molecule has 17 heavy (non-hydrogen) atoms. The molecule has 1 N–H and O–H groups in total. The Morgan fingerprint density at radius 3 is 3.06 bits per heavy atom. The summed E-state index contributed by atoms with van der Waals surface area (Å²) in [7, 11) is 0. The van der Waals surface area contributed by atoms with Crippen LogP contribution in [-0.2, 0) is 11.2 Å². The summed E-state index contributed by atoms with van der Waals surface area (Å²) in [5, 5.41) is 12.1. The van der Waals surface area contributed by atoms with Gasteiger partial charge in [0.15, 0.2) is 0 Å². The molecule has 0 aliphatic carbocycles. The van der Waals surface area contributed by atoms with E-state index in [-0.39, 0.29) is 5.91 Å². The number of rotatable bonds is 4. The predicted molar refractivity (Wildman–Crippen MR) is 75.1 cm³/mol. The first-order chi connectivity index (χ1) is 8.28. The van der Waals surface area contributed by atoms with Crippen molar-refractivity contribution in [2.45, 2.75) is 13.3 Å². The van der Waals surface area contributed by atoms with Crippen LogP contribution in [0.2, 0.25) is 0 Å². The zero-order valence-corrected chi connectivity index (χ0v) is 11.8. The highest BCUT2D eigenvalue weighted by molar-refractivity contribution is 8.39. The first-order valence-corrected chi connectivity index (χ1v) is 7.99. The van der Waals surface area contributed by atoms with Crippen molar-refractivity contribution in [2.75, 3.05) is 23.4 Å². The molecule has 0 atom stereocenters. The molecular weight excluding hydrogens is 276 g/mol. The maximum absolute atomic E-state index is 11.6. The molecule has 2 heterocycles. The van der Waals surface area contributed by atoms with E-state index in [1.54, 1.807) is 11.8 Å². The Hall–Kier alpha value is -0.600. The van der Waals surface area contributed by atoms with Gasteiger partial charge in [0.25, 0.3) is 0 Å². The fourth-order valence-corrected chi connectivity index (χ4v) is 3.64. The Labute approximate surface area is 112 Å². The minimum Gasteiger partial charge on any atom is -0.300 e. The van der Waals surface area contributed by atoms with Crippen molar-refractivity contribution in [3.63, 3.8) is 0 Å². The molecule has 1 aliphatic heterocycles. The first kappa shape index (κ1) is 12.8. The highest BCUT2D eigenvalue weighted by atomic mass is 32.2. The molecule has 0 bridgehead atoms. The monoisotopic (exact) mass is 288 g/mol. The van der Waals surface area contributed by atoms with Gasteiger partial charge in [-0.3, -0.25) is 15.1 Å². The lowest BCUT2D eigenvalue weighted by Gasteiger charge is -2.00. The molecular formula is C9H12N4OS3. The van der Waals surface area contributed by atoms with Crippen LogP contribution in [0.1, 0.15) is 11.9 Å². The van der Waals surface area contributed by atoms with Crippen LogP contribution in [0.5, 0.6) is 0 Å². The second kappa shape index (κ2) is 6.36. The van der Waals surface area contributed by atoms with E-state index in [1.165, 1.54) is 23.1 Å². The fourth-order valence-electron chi connectivity index (χ4n) is 1.13. The van der Waals surface area contributed by atoms with Crippen LogP contribution in [0.4, 0.5) is 5.13 Å². The Morgan fingerprint density at radius 2 is 2.41 bits per heavy atom. The normalized spacial score (nSPS) is 14.8. The third kappa shape index (κ3) is 3.97. The molecule has 92 valence electrons. The molecule has 0 saturated heterocycles. The number of hydrogen-bond acceptors (Lipinski definition) is 7. The topological polar surface area (TPSA) is 67.2 Å². The van der Waals surface area contributed by atoms with E-state index < -0.39 is 0 Å². The number of nitrogens with one attached hydrogen (secondary N) is 1. The van der Waals surface area contributed by atoms with Gasteiger partial charge in [-0.1, -0.05) is 41.8 Å². The van der Waals surface area contributed by atoms with E-state index in [2.05, 4.69) is 20.5 Å². The van der Waals surface area contributed by atoms with Crippen molar-refractivity contribution in [1.29, 1.82) is 0 Å². The summed E-state index contributed by atoms with van der Waals surface area (Å²) in [5.41, 5.74) is 0. The van der Waals surface area contributed by atoms with Crippen LogP contribution >= 0.6 is 34.9 Å². The number of aliphatic imine (C=N–C) groups is 1. The van der Waals surface area contributed by atoms with E-state index in [1.807, 2.05) is 6.92 Å². The van der Waals surface area contributed by atoms with Crippen LogP contribution in [-0.4, -0.2) is 38.5 Å². The smallest absolute Gasteiger partial charge is 0.236 e. The lowest BCUT2D eigenvalue weighted by atomic mass is 10.5. The number of amides is 1. The summed E-state index contributed by atoms with van der Waals surface area (Å²) >= 11 is 4.61. The van der Waals surface area contributed by atoms with Gasteiger partial charge in [-0.2, -0.15) is 0 Å². The van der Waals surface area contributed by atoms with Gasteiger partial charge in [-0.05, 0) is 6.42 Å². The number of anilines is 1. The SMILES string of the molecule is CCc1nnc(NC(=O)CSC2=NCCS2)s1. The summed E-state index contributed by atoms with van der Waals surface area (Å²) in [6.07, 6.45) is 0.843. The van der Waals surface area contributed by atoms with E-state index >= 15 is 0 Å². The Bertz CT molecular complexity index is 432. The summed E-state index contributed by atoms with van der Waals surface area (Å²) in [6, 6.07) is 0. The third-order valence-electron chi connectivity index (χ3n) is 1.90. The number of aromatic nitrogens is 2. The quantitative estimate of drug-likeness (QED) is 0.916. The highest BCUT2D eigenvalue weighted by Crippen LogP contribution is 2.22. The summed E-state index contributed by atoms with van der Waals surface area (Å²) < 4.78 is 1.01. The number of carbonyl (C=O) groups excluding carboxylic acids is 1. The molecule has 1 aromatic rings. The van der Waals surface area contributed by atoms with Gasteiger partial charge in [0.1, 0.15) is 9.38 Å². The largest absolute Gasteiger partial charge is 0.300 e. The zero-order valence-electron chi connectivity index (χ0n) is 9.30. The molecule has 5 nitrogen and oxygen atoms in total. The van der Waals surface area contributed by atoms with Crippen molar-refractivity contribution >= 4 is 50.3 Å². The van der Waals surface area contributed by atoms with Crippen LogP contribution in [0, 0.1) is 0 Å². The Morgan fingerprint density at radius 1 is 1.53 bits per heavy atom. The van der Waals surface area contributed by atoms with Gasteiger partial charge in [0.05, 0.1) is 12.3 Å². The van der Waals surface area contributed by atoms with Crippen molar-refractivity contribution in [3.8, 4) is 0 Å².